The van der Waals surface area contributed by atoms with Gasteiger partial charge in [0, 0.05) is 27.6 Å². The molecule has 5 rings (SSSR count). The van der Waals surface area contributed by atoms with Gasteiger partial charge in [0.05, 0.1) is 22.6 Å². The van der Waals surface area contributed by atoms with Gasteiger partial charge in [-0.15, -0.1) is 12.6 Å². The Balaban J connectivity index is 1.85. The highest BCUT2D eigenvalue weighted by Gasteiger charge is 2.55. The summed E-state index contributed by atoms with van der Waals surface area (Å²) in [6.07, 6.45) is 1.97. The predicted octanol–water partition coefficient (Wildman–Crippen LogP) is 5.33. The summed E-state index contributed by atoms with van der Waals surface area (Å²) in [6, 6.07) is 31.2. The monoisotopic (exact) mass is 514 g/mol. The number of hydrogen-bond donors (Lipinski definition) is 3. The second kappa shape index (κ2) is 8.68. The Hall–Kier alpha value is -3.11. The van der Waals surface area contributed by atoms with Gasteiger partial charge in [0.2, 0.25) is 17.3 Å². The van der Waals surface area contributed by atoms with Crippen LogP contribution in [-0.2, 0) is 5.72 Å². The maximum Gasteiger partial charge on any atom is 0.227 e. The normalized spacial score (nSPS) is 22.6. The molecule has 4 nitrogen and oxygen atoms in total. The van der Waals surface area contributed by atoms with Gasteiger partial charge in [-0.3, -0.25) is 0 Å². The number of nitrogens with one attached hydrogen (secondary N) is 1. The number of halogens is 1. The van der Waals surface area contributed by atoms with Crippen LogP contribution in [0, 0.1) is 11.3 Å². The fourth-order valence-corrected chi connectivity index (χ4v) is 5.36. The molecule has 4 aromatic rings. The lowest BCUT2D eigenvalue weighted by Crippen LogP contribution is -2.62. The molecule has 0 bridgehead atoms. The van der Waals surface area contributed by atoms with Gasteiger partial charge in [0.15, 0.2) is 6.20 Å². The van der Waals surface area contributed by atoms with Gasteiger partial charge in [0.1, 0.15) is 0 Å². The van der Waals surface area contributed by atoms with E-state index in [0.717, 1.165) is 20.9 Å². The number of benzene rings is 3. The molecule has 1 aromatic heterocycles. The Morgan fingerprint density at radius 1 is 0.939 bits per heavy atom. The molecule has 2 heterocycles. The zero-order valence-electron chi connectivity index (χ0n) is 17.6. The number of nitriles is 1. The molecule has 0 saturated heterocycles. The van der Waals surface area contributed by atoms with Crippen LogP contribution in [0.1, 0.15) is 23.1 Å². The van der Waals surface area contributed by atoms with E-state index in [1.165, 1.54) is 0 Å². The number of aromatic nitrogens is 1. The molecule has 0 fully saturated rings. The first-order chi connectivity index (χ1) is 16.0. The average molecular weight is 515 g/mol. The van der Waals surface area contributed by atoms with Crippen LogP contribution in [-0.4, -0.2) is 5.11 Å². The molecule has 0 aliphatic carbocycles. The topological polar surface area (TPSA) is 59.9 Å². The van der Waals surface area contributed by atoms with Crippen LogP contribution in [0.5, 0.6) is 0 Å². The van der Waals surface area contributed by atoms with Crippen LogP contribution in [0.4, 0.5) is 0 Å². The molecule has 2 N–H and O–H groups in total. The van der Waals surface area contributed by atoms with Crippen LogP contribution in [0.15, 0.2) is 112 Å². The SMILES string of the molecule is N#CC1=C(S)NC(O)(c2ccccc2)C([n+]2cccc3ccccc32)C1c1ccc(Br)cc1. The highest BCUT2D eigenvalue weighted by molar-refractivity contribution is 9.10. The van der Waals surface area contributed by atoms with Gasteiger partial charge < -0.3 is 10.4 Å². The first kappa shape index (κ1) is 21.7. The van der Waals surface area contributed by atoms with E-state index in [1.54, 1.807) is 0 Å². The lowest BCUT2D eigenvalue weighted by molar-refractivity contribution is -0.720. The Bertz CT molecular complexity index is 1390. The maximum absolute atomic E-state index is 12.4. The minimum absolute atomic E-state index is 0.369. The fraction of sp³-hybridized carbons (Fsp3) is 0.111. The smallest absolute Gasteiger partial charge is 0.227 e. The van der Waals surface area contributed by atoms with Gasteiger partial charge in [-0.25, -0.2) is 0 Å². The highest BCUT2D eigenvalue weighted by Crippen LogP contribution is 2.47. The predicted molar refractivity (Wildman–Crippen MR) is 135 cm³/mol. The standard InChI is InChI=1S/C27H20BrN3OS/c28-21-14-12-19(13-15-21)24-22(17-29)26(33)30-27(32,20-9-2-1-3-10-20)25(24)31-16-6-8-18-7-4-5-11-23(18)31/h1-16,24-25,30,32H/p+1. The first-order valence-corrected chi connectivity index (χ1v) is 11.8. The summed E-state index contributed by atoms with van der Waals surface area (Å²) in [5.74, 6) is -0.446. The highest BCUT2D eigenvalue weighted by atomic mass is 79.9. The molecule has 3 unspecified atom stereocenters. The maximum atomic E-state index is 12.4. The van der Waals surface area contributed by atoms with Crippen molar-refractivity contribution >= 4 is 39.5 Å². The summed E-state index contributed by atoms with van der Waals surface area (Å²) in [5, 5.41) is 27.1. The van der Waals surface area contributed by atoms with E-state index in [4.69, 9.17) is 0 Å². The summed E-state index contributed by atoms with van der Waals surface area (Å²) in [5.41, 5.74) is 1.53. The lowest BCUT2D eigenvalue weighted by atomic mass is 9.75. The van der Waals surface area contributed by atoms with Gasteiger partial charge in [-0.1, -0.05) is 70.5 Å². The number of allylic oxidation sites excluding steroid dienone is 1. The molecule has 162 valence electrons. The van der Waals surface area contributed by atoms with Gasteiger partial charge in [0.25, 0.3) is 0 Å². The number of aliphatic hydroxyl groups is 1. The van der Waals surface area contributed by atoms with E-state index in [2.05, 4.69) is 44.5 Å². The second-order valence-corrected chi connectivity index (χ2v) is 9.44. The van der Waals surface area contributed by atoms with Crippen molar-refractivity contribution in [2.75, 3.05) is 0 Å². The summed E-state index contributed by atoms with van der Waals surface area (Å²) in [7, 11) is 0. The zero-order chi connectivity index (χ0) is 23.0. The number of pyridine rings is 1. The first-order valence-electron chi connectivity index (χ1n) is 10.6. The van der Waals surface area contributed by atoms with Crippen LogP contribution < -0.4 is 9.88 Å². The molecular weight excluding hydrogens is 494 g/mol. The van der Waals surface area contributed by atoms with Crippen molar-refractivity contribution in [3.05, 3.63) is 123 Å². The van der Waals surface area contributed by atoms with E-state index in [-0.39, 0.29) is 0 Å². The number of para-hydroxylation sites is 1. The molecule has 3 atom stereocenters. The molecule has 33 heavy (non-hydrogen) atoms. The Morgan fingerprint density at radius 3 is 2.33 bits per heavy atom. The van der Waals surface area contributed by atoms with Gasteiger partial charge >= 0.3 is 0 Å². The van der Waals surface area contributed by atoms with Crippen LogP contribution in [0.2, 0.25) is 0 Å². The number of rotatable bonds is 3. The molecule has 0 saturated carbocycles. The number of hydrogen-bond acceptors (Lipinski definition) is 4. The Kier molecular flexibility index (Phi) is 5.71. The minimum Gasteiger partial charge on any atom is -0.362 e. The Labute approximate surface area is 206 Å². The van der Waals surface area contributed by atoms with E-state index < -0.39 is 17.7 Å². The number of nitrogens with zero attached hydrogens (tertiary/aromatic N) is 2. The quantitative estimate of drug-likeness (QED) is 0.256. The second-order valence-electron chi connectivity index (χ2n) is 8.08. The minimum atomic E-state index is -1.52. The molecular formula is C27H21BrN3OS+. The molecule has 1 aliphatic heterocycles. The molecule has 0 spiro atoms. The van der Waals surface area contributed by atoms with Crippen molar-refractivity contribution in [1.29, 1.82) is 5.26 Å². The summed E-state index contributed by atoms with van der Waals surface area (Å²) < 4.78 is 3.01. The molecule has 0 amide bonds. The van der Waals surface area contributed by atoms with Crippen molar-refractivity contribution in [2.45, 2.75) is 17.7 Å². The van der Waals surface area contributed by atoms with E-state index in [9.17, 15) is 10.4 Å². The largest absolute Gasteiger partial charge is 0.362 e. The average Bonchev–Trinajstić information content (AvgIpc) is 2.84. The number of fused-ring (bicyclic) bond motifs is 1. The van der Waals surface area contributed by atoms with Crippen molar-refractivity contribution < 1.29 is 9.67 Å². The Morgan fingerprint density at radius 2 is 1.61 bits per heavy atom. The third kappa shape index (κ3) is 3.72. The zero-order valence-corrected chi connectivity index (χ0v) is 20.0. The van der Waals surface area contributed by atoms with Crippen LogP contribution in [0.25, 0.3) is 10.9 Å². The van der Waals surface area contributed by atoms with Crippen LogP contribution in [0.3, 0.4) is 0 Å². The van der Waals surface area contributed by atoms with Gasteiger partial charge in [-0.2, -0.15) is 9.83 Å². The van der Waals surface area contributed by atoms with Crippen molar-refractivity contribution in [3.8, 4) is 6.07 Å². The molecule has 1 aliphatic rings. The summed E-state index contributed by atoms with van der Waals surface area (Å²) in [6.45, 7) is 0. The fourth-order valence-electron chi connectivity index (χ4n) is 4.73. The third-order valence-corrected chi connectivity index (χ3v) is 7.10. The molecule has 6 heteroatoms. The van der Waals surface area contributed by atoms with Gasteiger partial charge in [-0.05, 0) is 29.8 Å². The van der Waals surface area contributed by atoms with E-state index in [0.29, 0.717) is 16.2 Å². The van der Waals surface area contributed by atoms with Crippen molar-refractivity contribution in [2.24, 2.45) is 0 Å². The van der Waals surface area contributed by atoms with Crippen molar-refractivity contribution in [3.63, 3.8) is 0 Å². The molecule has 3 aromatic carbocycles. The van der Waals surface area contributed by atoms with Crippen molar-refractivity contribution in [1.82, 2.24) is 5.32 Å². The lowest BCUT2D eigenvalue weighted by Gasteiger charge is -2.42. The van der Waals surface area contributed by atoms with E-state index >= 15 is 0 Å². The number of thiol groups is 1. The van der Waals surface area contributed by atoms with Crippen LogP contribution >= 0.6 is 28.6 Å². The van der Waals surface area contributed by atoms with E-state index in [1.807, 2.05) is 97.2 Å². The third-order valence-electron chi connectivity index (χ3n) is 6.22. The molecule has 0 radical (unpaired) electrons. The summed E-state index contributed by atoms with van der Waals surface area (Å²) >= 11 is 8.13. The summed E-state index contributed by atoms with van der Waals surface area (Å²) in [4.78, 5) is 0.